The van der Waals surface area contributed by atoms with Crippen LogP contribution < -0.4 is 0 Å². The Morgan fingerprint density at radius 1 is 0.562 bits per heavy atom. The fourth-order valence-electron chi connectivity index (χ4n) is 8.10. The van der Waals surface area contributed by atoms with E-state index in [0.29, 0.717) is 10.9 Å². The summed E-state index contributed by atoms with van der Waals surface area (Å²) in [5, 5.41) is 144. The summed E-state index contributed by atoms with van der Waals surface area (Å²) < 4.78 is 2.10. The second-order valence-corrected chi connectivity index (χ2v) is 14.4. The molecule has 12 N–H and O–H groups in total. The van der Waals surface area contributed by atoms with Gasteiger partial charge < -0.3 is 65.8 Å². The van der Waals surface area contributed by atoms with Gasteiger partial charge in [-0.2, -0.15) is 5.26 Å². The summed E-state index contributed by atoms with van der Waals surface area (Å²) in [4.78, 5) is 13.5. The van der Waals surface area contributed by atoms with Crippen LogP contribution in [0.25, 0.3) is 77.4 Å². The smallest absolute Gasteiger partial charge is 0.208 e. The van der Waals surface area contributed by atoms with Crippen LogP contribution in [-0.2, 0) is 6.42 Å². The number of allylic oxidation sites excluding steroid dienone is 3. The molecule has 0 saturated heterocycles. The van der Waals surface area contributed by atoms with Crippen molar-refractivity contribution in [3.8, 4) is 98.6 Å². The van der Waals surface area contributed by atoms with Crippen LogP contribution in [0.5, 0.6) is 51.7 Å². The Morgan fingerprint density at radius 2 is 1.12 bits per heavy atom. The summed E-state index contributed by atoms with van der Waals surface area (Å²) in [6, 6.07) is 28.2. The summed E-state index contributed by atoms with van der Waals surface area (Å²) >= 11 is 0. The topological polar surface area (TPSA) is 310 Å². The van der Waals surface area contributed by atoms with E-state index in [9.17, 15) is 66.5 Å². The molecule has 17 heteroatoms. The van der Waals surface area contributed by atoms with Crippen molar-refractivity contribution < 1.29 is 61.3 Å². The first-order valence-electron chi connectivity index (χ1n) is 18.8. The number of hydrogen-bond donors (Lipinski definition) is 12. The zero-order valence-corrected chi connectivity index (χ0v) is 32.5. The van der Waals surface area contributed by atoms with Crippen LogP contribution in [0.4, 0.5) is 0 Å². The quantitative estimate of drug-likeness (QED) is 0.0182. The molecule has 9 rings (SSSR count). The van der Waals surface area contributed by atoms with Gasteiger partial charge in [0.15, 0.2) is 57.7 Å². The highest BCUT2D eigenvalue weighted by atomic mass is 16.4. The molecule has 314 valence electrons. The van der Waals surface area contributed by atoms with Crippen LogP contribution in [0.2, 0.25) is 0 Å². The second kappa shape index (κ2) is 14.5. The molecule has 0 aliphatic heterocycles. The number of hydrogen-bond acceptors (Lipinski definition) is 16. The summed E-state index contributed by atoms with van der Waals surface area (Å²) in [5.74, 6) is -14.8. The third kappa shape index (κ3) is 5.62. The van der Waals surface area contributed by atoms with E-state index in [2.05, 4.69) is 19.5 Å². The maximum atomic E-state index is 11.5. The van der Waals surface area contributed by atoms with Gasteiger partial charge in [0.2, 0.25) is 17.2 Å². The first-order chi connectivity index (χ1) is 30.7. The fourth-order valence-corrected chi connectivity index (χ4v) is 8.10. The third-order valence-corrected chi connectivity index (χ3v) is 10.9. The van der Waals surface area contributed by atoms with Crippen molar-refractivity contribution in [1.29, 1.82) is 5.26 Å². The number of terminal acetylenes is 1. The minimum Gasteiger partial charge on any atom is -0.508 e. The lowest BCUT2D eigenvalue weighted by Crippen LogP contribution is -2.08. The van der Waals surface area contributed by atoms with Gasteiger partial charge >= 0.3 is 0 Å². The number of aromatic nitrogens is 4. The number of nitriles is 1. The van der Waals surface area contributed by atoms with E-state index >= 15 is 0 Å². The Hall–Kier alpha value is -9.74. The summed E-state index contributed by atoms with van der Waals surface area (Å²) in [6.07, 6.45) is 4.42. The van der Waals surface area contributed by atoms with Gasteiger partial charge in [0.1, 0.15) is 28.8 Å². The van der Waals surface area contributed by atoms with Crippen molar-refractivity contribution in [3.63, 3.8) is 0 Å². The maximum Gasteiger partial charge on any atom is 0.208 e. The number of fused-ring (bicyclic) bond motifs is 3. The Balaban J connectivity index is 1.35. The zero-order chi connectivity index (χ0) is 45.5. The lowest BCUT2D eigenvalue weighted by atomic mass is 9.91. The van der Waals surface area contributed by atoms with E-state index in [0.717, 1.165) is 43.7 Å². The van der Waals surface area contributed by atoms with Crippen LogP contribution in [-0.4, -0.2) is 80.8 Å². The number of phenols is 9. The van der Waals surface area contributed by atoms with E-state index in [1.54, 1.807) is 12.0 Å². The highest BCUT2D eigenvalue weighted by Gasteiger charge is 2.32. The Labute approximate surface area is 358 Å². The molecule has 0 spiro atoms. The molecule has 0 bridgehead atoms. The molecule has 0 fully saturated rings. The summed E-state index contributed by atoms with van der Waals surface area (Å²) in [5.41, 5.74) is -1.03. The van der Waals surface area contributed by atoms with E-state index in [1.807, 2.05) is 78.9 Å². The largest absolute Gasteiger partial charge is 0.508 e. The Morgan fingerprint density at radius 3 is 1.77 bits per heavy atom. The number of para-hydroxylation sites is 1. The summed E-state index contributed by atoms with van der Waals surface area (Å²) in [6.45, 7) is 0. The van der Waals surface area contributed by atoms with Crippen LogP contribution in [0.15, 0.2) is 102 Å². The van der Waals surface area contributed by atoms with Crippen molar-refractivity contribution in [2.45, 2.75) is 6.42 Å². The molecular weight excluding hydrogens is 827 g/mol. The van der Waals surface area contributed by atoms with Gasteiger partial charge in [-0.1, -0.05) is 54.6 Å². The molecule has 2 heterocycles. The molecule has 0 radical (unpaired) electrons. The van der Waals surface area contributed by atoms with E-state index in [-0.39, 0.29) is 5.82 Å². The first kappa shape index (κ1) is 39.7. The van der Waals surface area contributed by atoms with Gasteiger partial charge in [-0.25, -0.2) is 15.0 Å². The average molecular weight is 856 g/mol. The molecular formula is C47H29N5O12. The molecule has 0 unspecified atom stereocenters. The number of rotatable bonds is 7. The number of aliphatic hydroxyl groups is 3. The molecule has 17 nitrogen and oxygen atoms in total. The highest BCUT2D eigenvalue weighted by molar-refractivity contribution is 6.36. The molecule has 0 amide bonds. The minimum absolute atomic E-state index is 0.188. The van der Waals surface area contributed by atoms with Gasteiger partial charge in [0, 0.05) is 27.4 Å². The molecule has 2 aromatic heterocycles. The Kier molecular flexibility index (Phi) is 8.98. The molecule has 9 aromatic rings. The van der Waals surface area contributed by atoms with Crippen LogP contribution in [0.1, 0.15) is 17.0 Å². The molecule has 0 atom stereocenters. The van der Waals surface area contributed by atoms with Gasteiger partial charge in [0.25, 0.3) is 0 Å². The van der Waals surface area contributed by atoms with Gasteiger partial charge in [0.05, 0.1) is 28.6 Å². The predicted molar refractivity (Wildman–Crippen MR) is 232 cm³/mol. The molecule has 7 aromatic carbocycles. The van der Waals surface area contributed by atoms with E-state index in [1.165, 1.54) is 6.07 Å². The van der Waals surface area contributed by atoms with Crippen LogP contribution in [0.3, 0.4) is 0 Å². The van der Waals surface area contributed by atoms with Gasteiger partial charge in [-0.3, -0.25) is 0 Å². The normalized spacial score (nSPS) is 12.4. The second-order valence-electron chi connectivity index (χ2n) is 14.4. The van der Waals surface area contributed by atoms with Crippen molar-refractivity contribution in [3.05, 3.63) is 119 Å². The van der Waals surface area contributed by atoms with E-state index in [4.69, 9.17) is 6.42 Å². The minimum atomic E-state index is -1.40. The summed E-state index contributed by atoms with van der Waals surface area (Å²) in [7, 11) is 0. The maximum absolute atomic E-state index is 11.5. The zero-order valence-electron chi connectivity index (χ0n) is 32.5. The van der Waals surface area contributed by atoms with Gasteiger partial charge in [-0.05, 0) is 52.4 Å². The van der Waals surface area contributed by atoms with Crippen molar-refractivity contribution in [2.24, 2.45) is 0 Å². The number of nitrogens with zero attached hydrogens (tertiary/aromatic N) is 5. The third-order valence-electron chi connectivity index (χ3n) is 10.9. The lowest BCUT2D eigenvalue weighted by molar-refractivity contribution is 0.320. The molecule has 0 saturated carbocycles. The monoisotopic (exact) mass is 855 g/mol. The number of aliphatic hydroxyl groups excluding tert-OH is 3. The lowest BCUT2D eigenvalue weighted by Gasteiger charge is -2.17. The van der Waals surface area contributed by atoms with Crippen molar-refractivity contribution >= 4 is 48.9 Å². The van der Waals surface area contributed by atoms with Gasteiger partial charge in [-0.15, -0.1) is 6.42 Å². The van der Waals surface area contributed by atoms with Crippen molar-refractivity contribution in [2.75, 3.05) is 0 Å². The molecule has 0 aliphatic rings. The molecule has 64 heavy (non-hydrogen) atoms. The fraction of sp³-hybridized carbons (Fsp3) is 0.0213. The standard InChI is InChI=1S/C47H29N5O12/c1-2-27(53)33(34-39(58)43(62)45(64)44(63)40(34)59)38(57)28(54)17-29-49-46(51-47(50-29)35-41(60)36(55)24(18-48)37(56)42(35)61)23-15-16-26-32-30(23)21-12-7-6-11-20(21)22-13-8-14-25(31(22)32)52(26)19-9-4-3-5-10-19/h1,3-16,53-64H,17H2/b33-27+,38-28-. The number of phenolic OH excluding ortho intramolecular Hbond substituents is 9. The molecule has 0 aliphatic carbocycles. The number of benzene rings is 7. The number of aromatic hydroxyl groups is 9. The van der Waals surface area contributed by atoms with Crippen LogP contribution in [0, 0.1) is 23.7 Å². The predicted octanol–water partition coefficient (Wildman–Crippen LogP) is 7.74. The average Bonchev–Trinajstić information content (AvgIpc) is 3.65. The van der Waals surface area contributed by atoms with E-state index < -0.39 is 109 Å². The first-order valence-corrected chi connectivity index (χ1v) is 18.8. The SMILES string of the molecule is C#C/C(O)=C(\C(O)=C(\O)Cc1nc(-c2c(O)c(O)c(C#N)c(O)c2O)nc(-c2ccc3c4c2c2ccccc2c2cccc(c24)n3-c2ccccc2)n1)c1c(O)c(O)c(O)c(O)c1O. The van der Waals surface area contributed by atoms with Crippen LogP contribution >= 0.6 is 0 Å². The highest BCUT2D eigenvalue weighted by Crippen LogP contribution is 2.55. The van der Waals surface area contributed by atoms with Crippen molar-refractivity contribution in [1.82, 2.24) is 19.5 Å². The Bertz CT molecular complexity index is 3580.